The highest BCUT2D eigenvalue weighted by atomic mass is 19.1. The Balaban J connectivity index is 0.000000276. The maximum atomic E-state index is 14.9. The summed E-state index contributed by atoms with van der Waals surface area (Å²) in [7, 11) is 1.79. The average molecular weight is 627 g/mol. The second-order valence-corrected chi connectivity index (χ2v) is 12.9. The normalized spacial score (nSPS) is 20.5. The number of hydrogen-bond donors (Lipinski definition) is 2. The van der Waals surface area contributed by atoms with Crippen LogP contribution in [0.25, 0.3) is 0 Å². The molecule has 3 unspecified atom stereocenters. The molecule has 45 heavy (non-hydrogen) atoms. The number of rotatable bonds is 7. The van der Waals surface area contributed by atoms with Crippen LogP contribution >= 0.6 is 0 Å². The minimum Gasteiger partial charge on any atom is -0.444 e. The van der Waals surface area contributed by atoms with Gasteiger partial charge < -0.3 is 24.9 Å². The molecule has 2 aliphatic carbocycles. The van der Waals surface area contributed by atoms with E-state index >= 15 is 0 Å². The van der Waals surface area contributed by atoms with Crippen molar-refractivity contribution in [2.75, 3.05) is 18.5 Å². The van der Waals surface area contributed by atoms with E-state index in [-0.39, 0.29) is 24.3 Å². The number of benzene rings is 1. The topological polar surface area (TPSA) is 112 Å². The summed E-state index contributed by atoms with van der Waals surface area (Å²) in [4.78, 5) is 42.7. The quantitative estimate of drug-likeness (QED) is 0.347. The zero-order valence-electron chi connectivity index (χ0n) is 27.7. The molecule has 1 saturated heterocycles. The van der Waals surface area contributed by atoms with Crippen molar-refractivity contribution in [2.45, 2.75) is 122 Å². The molecule has 2 N–H and O–H groups in total. The number of ether oxygens (including phenoxy) is 1. The van der Waals surface area contributed by atoms with E-state index in [1.54, 1.807) is 57.2 Å². The summed E-state index contributed by atoms with van der Waals surface area (Å²) in [5, 5.41) is 12.5. The predicted molar refractivity (Wildman–Crippen MR) is 174 cm³/mol. The largest absolute Gasteiger partial charge is 0.444 e. The van der Waals surface area contributed by atoms with Crippen molar-refractivity contribution in [1.29, 1.82) is 0 Å². The second kappa shape index (κ2) is 16.7. The number of aliphatic hydroxyl groups is 1. The van der Waals surface area contributed by atoms with Crippen LogP contribution in [0, 0.1) is 5.82 Å². The molecule has 248 valence electrons. The minimum atomic E-state index is -0.632. The molecule has 3 fully saturated rings. The SMILES string of the molecule is CC.CC(C)(C)OC(=O)N1CC(O)CC1C=O.CN(c1ccc(C2CC2)cc1F)C(C(=O)NC1CCCCC1)c1cccnc1. The monoisotopic (exact) mass is 626 g/mol. The molecule has 0 radical (unpaired) electrons. The second-order valence-electron chi connectivity index (χ2n) is 12.9. The highest BCUT2D eigenvalue weighted by molar-refractivity contribution is 5.86. The van der Waals surface area contributed by atoms with Crippen LogP contribution in [0.1, 0.15) is 109 Å². The number of carbonyl (C=O) groups excluding carboxylic acids is 3. The van der Waals surface area contributed by atoms with Crippen molar-refractivity contribution in [1.82, 2.24) is 15.2 Å². The molecule has 0 spiro atoms. The molecule has 3 aliphatic rings. The predicted octanol–water partition coefficient (Wildman–Crippen LogP) is 6.31. The number of nitrogens with zero attached hydrogens (tertiary/aromatic N) is 3. The number of likely N-dealkylation sites (N-methyl/N-ethyl adjacent to an activating group) is 1. The molecule has 1 aromatic heterocycles. The number of pyridine rings is 1. The number of aromatic nitrogens is 1. The molecule has 0 bridgehead atoms. The summed E-state index contributed by atoms with van der Waals surface area (Å²) >= 11 is 0. The fourth-order valence-corrected chi connectivity index (χ4v) is 5.74. The summed E-state index contributed by atoms with van der Waals surface area (Å²) in [5.41, 5.74) is 1.68. The van der Waals surface area contributed by atoms with Crippen molar-refractivity contribution < 1.29 is 28.6 Å². The van der Waals surface area contributed by atoms with E-state index in [4.69, 9.17) is 4.74 Å². The molecular formula is C35H51FN4O5. The van der Waals surface area contributed by atoms with E-state index in [1.165, 1.54) is 11.3 Å². The number of amides is 2. The van der Waals surface area contributed by atoms with E-state index < -0.39 is 29.9 Å². The number of nitrogens with one attached hydrogen (secondary N) is 1. The van der Waals surface area contributed by atoms with Gasteiger partial charge in [0.2, 0.25) is 5.91 Å². The summed E-state index contributed by atoms with van der Waals surface area (Å²) < 4.78 is 20.0. The highest BCUT2D eigenvalue weighted by Crippen LogP contribution is 2.41. The summed E-state index contributed by atoms with van der Waals surface area (Å²) in [5.74, 6) is 0.136. The molecule has 2 heterocycles. The fraction of sp³-hybridized carbons (Fsp3) is 0.600. The Morgan fingerprint density at radius 1 is 1.13 bits per heavy atom. The molecule has 2 saturated carbocycles. The Labute approximate surface area is 267 Å². The van der Waals surface area contributed by atoms with Gasteiger partial charge in [0, 0.05) is 37.5 Å². The molecule has 3 atom stereocenters. The molecule has 1 aromatic carbocycles. The molecule has 2 aromatic rings. The Morgan fingerprint density at radius 2 is 1.82 bits per heavy atom. The van der Waals surface area contributed by atoms with Gasteiger partial charge in [-0.1, -0.05) is 45.2 Å². The van der Waals surface area contributed by atoms with Gasteiger partial charge in [-0.05, 0) is 76.1 Å². The number of β-amino-alcohol motifs (C(OH)–C–C–N with tert-alkyl or cyclic N) is 1. The summed E-state index contributed by atoms with van der Waals surface area (Å²) in [6.45, 7) is 9.44. The first kappa shape index (κ1) is 35.9. The van der Waals surface area contributed by atoms with E-state index in [9.17, 15) is 23.9 Å². The lowest BCUT2D eigenvalue weighted by atomic mass is 9.95. The minimum absolute atomic E-state index is 0.0898. The van der Waals surface area contributed by atoms with E-state index in [2.05, 4.69) is 10.3 Å². The third kappa shape index (κ3) is 10.5. The zero-order chi connectivity index (χ0) is 33.1. The van der Waals surface area contributed by atoms with Gasteiger partial charge in [-0.3, -0.25) is 14.7 Å². The van der Waals surface area contributed by atoms with Gasteiger partial charge in [-0.25, -0.2) is 9.18 Å². The Bertz CT molecular complexity index is 1240. The maximum Gasteiger partial charge on any atom is 0.410 e. The number of aldehydes is 1. The number of likely N-dealkylation sites (tertiary alicyclic amines) is 1. The van der Waals surface area contributed by atoms with Crippen LogP contribution < -0.4 is 10.2 Å². The summed E-state index contributed by atoms with van der Waals surface area (Å²) in [6, 6.07) is 8.15. The Morgan fingerprint density at radius 3 is 2.38 bits per heavy atom. The molecule has 2 amide bonds. The number of anilines is 1. The lowest BCUT2D eigenvalue weighted by Crippen LogP contribution is -2.44. The molecule has 5 rings (SSSR count). The Hall–Kier alpha value is -3.53. The van der Waals surface area contributed by atoms with Crippen molar-refractivity contribution in [2.24, 2.45) is 0 Å². The number of halogens is 1. The fourth-order valence-electron chi connectivity index (χ4n) is 5.74. The zero-order valence-corrected chi connectivity index (χ0v) is 27.7. The average Bonchev–Trinajstić information content (AvgIpc) is 3.79. The van der Waals surface area contributed by atoms with Crippen molar-refractivity contribution >= 4 is 24.0 Å². The van der Waals surface area contributed by atoms with E-state index in [0.29, 0.717) is 24.3 Å². The first-order valence-electron chi connectivity index (χ1n) is 16.3. The van der Waals surface area contributed by atoms with Crippen LogP contribution in [-0.4, -0.2) is 70.7 Å². The molecule has 10 heteroatoms. The van der Waals surface area contributed by atoms with Gasteiger partial charge in [-0.15, -0.1) is 0 Å². The van der Waals surface area contributed by atoms with Crippen LogP contribution in [0.2, 0.25) is 0 Å². The third-order valence-electron chi connectivity index (χ3n) is 8.09. The summed E-state index contributed by atoms with van der Waals surface area (Å²) in [6.07, 6.45) is 11.0. The lowest BCUT2D eigenvalue weighted by molar-refractivity contribution is -0.123. The number of hydrogen-bond acceptors (Lipinski definition) is 7. The maximum absolute atomic E-state index is 14.9. The number of aliphatic hydroxyl groups excluding tert-OH is 1. The van der Waals surface area contributed by atoms with Crippen LogP contribution in [0.15, 0.2) is 42.7 Å². The van der Waals surface area contributed by atoms with Gasteiger partial charge in [0.1, 0.15) is 23.7 Å². The van der Waals surface area contributed by atoms with Crippen LogP contribution in [0.4, 0.5) is 14.9 Å². The van der Waals surface area contributed by atoms with Gasteiger partial charge >= 0.3 is 6.09 Å². The van der Waals surface area contributed by atoms with Gasteiger partial charge in [0.15, 0.2) is 0 Å². The van der Waals surface area contributed by atoms with E-state index in [1.807, 2.05) is 32.0 Å². The van der Waals surface area contributed by atoms with Crippen LogP contribution in [0.5, 0.6) is 0 Å². The molecule has 1 aliphatic heterocycles. The van der Waals surface area contributed by atoms with Gasteiger partial charge in [-0.2, -0.15) is 0 Å². The van der Waals surface area contributed by atoms with Crippen LogP contribution in [0.3, 0.4) is 0 Å². The third-order valence-corrected chi connectivity index (χ3v) is 8.09. The first-order valence-corrected chi connectivity index (χ1v) is 16.3. The van der Waals surface area contributed by atoms with Gasteiger partial charge in [0.25, 0.3) is 0 Å². The molecule has 9 nitrogen and oxygen atoms in total. The van der Waals surface area contributed by atoms with E-state index in [0.717, 1.165) is 49.7 Å². The molecular weight excluding hydrogens is 575 g/mol. The van der Waals surface area contributed by atoms with Crippen molar-refractivity contribution in [3.05, 3.63) is 59.7 Å². The van der Waals surface area contributed by atoms with Crippen molar-refractivity contribution in [3.63, 3.8) is 0 Å². The smallest absolute Gasteiger partial charge is 0.410 e. The lowest BCUT2D eigenvalue weighted by Gasteiger charge is -2.32. The Kier molecular flexibility index (Phi) is 13.3. The standard InChI is InChI=1S/C23H28FN3O.C10H17NO4.C2H6/c1-27(21-12-11-17(14-20(21)24)16-9-10-16)22(18-6-5-13-25-15-18)23(28)26-19-7-3-2-4-8-19;1-10(2,3)15-9(14)11-5-8(13)4-7(11)6-12;1-2/h5-6,11-16,19,22H,2-4,7-10H2,1H3,(H,26,28);6-8,13H,4-5H2,1-3H3;1-2H3. The number of carbonyl (C=O) groups is 3. The van der Waals surface area contributed by atoms with Gasteiger partial charge in [0.05, 0.1) is 24.4 Å². The first-order chi connectivity index (χ1) is 21.5. The van der Waals surface area contributed by atoms with Crippen molar-refractivity contribution in [3.8, 4) is 0 Å². The van der Waals surface area contributed by atoms with Crippen LogP contribution in [-0.2, 0) is 14.3 Å². The highest BCUT2D eigenvalue weighted by Gasteiger charge is 2.36.